The first-order valence-corrected chi connectivity index (χ1v) is 6.95. The van der Waals surface area contributed by atoms with Gasteiger partial charge in [-0.1, -0.05) is 11.6 Å². The van der Waals surface area contributed by atoms with E-state index in [4.69, 9.17) is 4.74 Å². The first kappa shape index (κ1) is 12.3. The third kappa shape index (κ3) is 2.14. The highest BCUT2D eigenvalue weighted by Gasteiger charge is 2.28. The number of aromatic nitrogens is 1. The first-order valence-electron chi connectivity index (χ1n) is 6.95. The van der Waals surface area contributed by atoms with Gasteiger partial charge in [-0.05, 0) is 50.8 Å². The number of H-pyrrole nitrogens is 1. The molecule has 1 aliphatic rings. The molecule has 1 aromatic heterocycles. The zero-order valence-corrected chi connectivity index (χ0v) is 11.5. The number of benzene rings is 1. The largest absolute Gasteiger partial charge is 0.466 e. The molecule has 0 saturated carbocycles. The Morgan fingerprint density at radius 1 is 1.47 bits per heavy atom. The zero-order chi connectivity index (χ0) is 13.4. The van der Waals surface area contributed by atoms with E-state index >= 15 is 0 Å². The maximum absolute atomic E-state index is 11.9. The van der Waals surface area contributed by atoms with Crippen LogP contribution in [0.5, 0.6) is 0 Å². The molecule has 3 heteroatoms. The summed E-state index contributed by atoms with van der Waals surface area (Å²) in [5.41, 5.74) is 5.04. The number of esters is 1. The number of rotatable bonds is 2. The Kier molecular flexibility index (Phi) is 3.05. The van der Waals surface area contributed by atoms with E-state index in [0.717, 1.165) is 19.3 Å². The van der Waals surface area contributed by atoms with Crippen LogP contribution in [0.25, 0.3) is 10.9 Å². The number of aromatic amines is 1. The van der Waals surface area contributed by atoms with E-state index in [1.807, 2.05) is 6.92 Å². The molecule has 1 unspecified atom stereocenters. The molecule has 1 N–H and O–H groups in total. The topological polar surface area (TPSA) is 42.1 Å². The molecule has 1 aliphatic carbocycles. The molecule has 0 bridgehead atoms. The third-order valence-corrected chi connectivity index (χ3v) is 3.96. The van der Waals surface area contributed by atoms with Crippen molar-refractivity contribution in [3.63, 3.8) is 0 Å². The van der Waals surface area contributed by atoms with Crippen molar-refractivity contribution in [2.75, 3.05) is 6.61 Å². The lowest BCUT2D eigenvalue weighted by Crippen LogP contribution is -2.24. The Hall–Kier alpha value is -1.77. The van der Waals surface area contributed by atoms with E-state index in [9.17, 15) is 4.79 Å². The summed E-state index contributed by atoms with van der Waals surface area (Å²) in [6.07, 6.45) is 2.63. The van der Waals surface area contributed by atoms with E-state index in [-0.39, 0.29) is 11.9 Å². The Labute approximate surface area is 113 Å². The van der Waals surface area contributed by atoms with Crippen LogP contribution in [0.15, 0.2) is 18.2 Å². The number of fused-ring (bicyclic) bond motifs is 3. The summed E-state index contributed by atoms with van der Waals surface area (Å²) in [6, 6.07) is 6.45. The van der Waals surface area contributed by atoms with E-state index in [2.05, 4.69) is 30.1 Å². The molecule has 3 nitrogen and oxygen atoms in total. The van der Waals surface area contributed by atoms with Crippen molar-refractivity contribution in [1.82, 2.24) is 4.98 Å². The standard InChI is InChI=1S/C16H19NO2/c1-3-19-16(18)11-5-7-15-13(9-11)12-8-10(2)4-6-14(12)17-15/h4,6,8,11,17H,3,5,7,9H2,1-2H3. The molecule has 0 fully saturated rings. The molecule has 100 valence electrons. The number of ether oxygens (including phenoxy) is 1. The number of aryl methyl sites for hydroxylation is 2. The van der Waals surface area contributed by atoms with Crippen LogP contribution in [0.1, 0.15) is 30.2 Å². The van der Waals surface area contributed by atoms with Gasteiger partial charge in [0, 0.05) is 16.6 Å². The van der Waals surface area contributed by atoms with Gasteiger partial charge in [-0.2, -0.15) is 0 Å². The minimum absolute atomic E-state index is 0.0203. The highest BCUT2D eigenvalue weighted by Crippen LogP contribution is 2.32. The second-order valence-electron chi connectivity index (χ2n) is 5.32. The summed E-state index contributed by atoms with van der Waals surface area (Å²) < 4.78 is 5.16. The fourth-order valence-electron chi connectivity index (χ4n) is 2.99. The minimum Gasteiger partial charge on any atom is -0.466 e. The van der Waals surface area contributed by atoms with Gasteiger partial charge in [-0.3, -0.25) is 4.79 Å². The van der Waals surface area contributed by atoms with Crippen LogP contribution >= 0.6 is 0 Å². The molecule has 0 amide bonds. The van der Waals surface area contributed by atoms with E-state index in [0.29, 0.717) is 6.61 Å². The summed E-state index contributed by atoms with van der Waals surface area (Å²) in [6.45, 7) is 4.43. The van der Waals surface area contributed by atoms with E-state index in [1.54, 1.807) is 0 Å². The molecule has 0 radical (unpaired) electrons. The van der Waals surface area contributed by atoms with Crippen LogP contribution in [0.2, 0.25) is 0 Å². The maximum Gasteiger partial charge on any atom is 0.309 e. The molecule has 0 aliphatic heterocycles. The summed E-state index contributed by atoms with van der Waals surface area (Å²) >= 11 is 0. The Morgan fingerprint density at radius 2 is 2.32 bits per heavy atom. The van der Waals surface area contributed by atoms with E-state index in [1.165, 1.54) is 27.7 Å². The number of carbonyl (C=O) groups excluding carboxylic acids is 1. The van der Waals surface area contributed by atoms with Crippen molar-refractivity contribution < 1.29 is 9.53 Å². The zero-order valence-electron chi connectivity index (χ0n) is 11.5. The van der Waals surface area contributed by atoms with Gasteiger partial charge in [0.25, 0.3) is 0 Å². The molecule has 1 aromatic carbocycles. The average Bonchev–Trinajstić information content (AvgIpc) is 2.76. The smallest absolute Gasteiger partial charge is 0.309 e. The van der Waals surface area contributed by atoms with Crippen molar-refractivity contribution in [2.45, 2.75) is 33.1 Å². The highest BCUT2D eigenvalue weighted by atomic mass is 16.5. The lowest BCUT2D eigenvalue weighted by atomic mass is 9.86. The van der Waals surface area contributed by atoms with Crippen LogP contribution in [0, 0.1) is 12.8 Å². The second kappa shape index (κ2) is 4.72. The van der Waals surface area contributed by atoms with Gasteiger partial charge in [-0.25, -0.2) is 0 Å². The number of carbonyl (C=O) groups is 1. The Balaban J connectivity index is 1.97. The van der Waals surface area contributed by atoms with Crippen LogP contribution in [-0.2, 0) is 22.4 Å². The molecule has 1 atom stereocenters. The molecule has 3 rings (SSSR count). The Morgan fingerprint density at radius 3 is 3.11 bits per heavy atom. The van der Waals surface area contributed by atoms with Crippen molar-refractivity contribution in [3.05, 3.63) is 35.0 Å². The van der Waals surface area contributed by atoms with Crippen molar-refractivity contribution >= 4 is 16.9 Å². The van der Waals surface area contributed by atoms with Crippen molar-refractivity contribution in [1.29, 1.82) is 0 Å². The van der Waals surface area contributed by atoms with Gasteiger partial charge in [0.05, 0.1) is 12.5 Å². The fourth-order valence-corrected chi connectivity index (χ4v) is 2.99. The van der Waals surface area contributed by atoms with Crippen LogP contribution in [0.3, 0.4) is 0 Å². The minimum atomic E-state index is -0.0462. The predicted octanol–water partition coefficient (Wildman–Crippen LogP) is 3.14. The highest BCUT2D eigenvalue weighted by molar-refractivity contribution is 5.86. The monoisotopic (exact) mass is 257 g/mol. The van der Waals surface area contributed by atoms with Gasteiger partial charge in [0.1, 0.15) is 0 Å². The van der Waals surface area contributed by atoms with Gasteiger partial charge >= 0.3 is 5.97 Å². The molecule has 2 aromatic rings. The molecule has 19 heavy (non-hydrogen) atoms. The SMILES string of the molecule is CCOC(=O)C1CCc2[nH]c3ccc(C)cc3c2C1. The molecular formula is C16H19NO2. The molecule has 0 saturated heterocycles. The summed E-state index contributed by atoms with van der Waals surface area (Å²) in [5.74, 6) is -0.0258. The second-order valence-corrected chi connectivity index (χ2v) is 5.32. The number of hydrogen-bond donors (Lipinski definition) is 1. The number of hydrogen-bond acceptors (Lipinski definition) is 2. The lowest BCUT2D eigenvalue weighted by molar-refractivity contribution is -0.148. The normalized spacial score (nSPS) is 18.3. The predicted molar refractivity (Wildman–Crippen MR) is 75.2 cm³/mol. The van der Waals surface area contributed by atoms with Crippen LogP contribution in [0.4, 0.5) is 0 Å². The summed E-state index contributed by atoms with van der Waals surface area (Å²) in [5, 5.41) is 1.27. The van der Waals surface area contributed by atoms with Gasteiger partial charge in [0.15, 0.2) is 0 Å². The first-order chi connectivity index (χ1) is 9.19. The quantitative estimate of drug-likeness (QED) is 0.840. The van der Waals surface area contributed by atoms with Crippen molar-refractivity contribution in [3.8, 4) is 0 Å². The van der Waals surface area contributed by atoms with Crippen molar-refractivity contribution in [2.24, 2.45) is 5.92 Å². The molecular weight excluding hydrogens is 238 g/mol. The number of nitrogens with one attached hydrogen (secondary N) is 1. The Bertz CT molecular complexity index is 627. The maximum atomic E-state index is 11.9. The fraction of sp³-hybridized carbons (Fsp3) is 0.438. The van der Waals surface area contributed by atoms with Crippen LogP contribution < -0.4 is 0 Å². The van der Waals surface area contributed by atoms with Gasteiger partial charge in [0.2, 0.25) is 0 Å². The van der Waals surface area contributed by atoms with E-state index < -0.39 is 0 Å². The molecule has 1 heterocycles. The average molecular weight is 257 g/mol. The molecule has 0 spiro atoms. The van der Waals surface area contributed by atoms with Gasteiger partial charge in [-0.15, -0.1) is 0 Å². The third-order valence-electron chi connectivity index (χ3n) is 3.96. The summed E-state index contributed by atoms with van der Waals surface area (Å²) in [7, 11) is 0. The summed E-state index contributed by atoms with van der Waals surface area (Å²) in [4.78, 5) is 15.4. The van der Waals surface area contributed by atoms with Crippen LogP contribution in [-0.4, -0.2) is 17.6 Å². The lowest BCUT2D eigenvalue weighted by Gasteiger charge is -2.20. The van der Waals surface area contributed by atoms with Gasteiger partial charge < -0.3 is 9.72 Å².